The maximum absolute atomic E-state index is 12.5. The molecule has 1 saturated carbocycles. The van der Waals surface area contributed by atoms with Crippen LogP contribution in [-0.4, -0.2) is 29.5 Å². The van der Waals surface area contributed by atoms with Crippen LogP contribution in [0, 0.1) is 5.92 Å². The van der Waals surface area contributed by atoms with E-state index in [0.717, 1.165) is 36.4 Å². The van der Waals surface area contributed by atoms with Crippen LogP contribution in [0.5, 0.6) is 0 Å². The maximum atomic E-state index is 12.5. The lowest BCUT2D eigenvalue weighted by Crippen LogP contribution is -2.44. The highest BCUT2D eigenvalue weighted by Gasteiger charge is 2.34. The number of hydrogen-bond donors (Lipinski definition) is 3. The Morgan fingerprint density at radius 3 is 3.00 bits per heavy atom. The van der Waals surface area contributed by atoms with E-state index < -0.39 is 0 Å². The van der Waals surface area contributed by atoms with E-state index in [0.29, 0.717) is 17.7 Å². The lowest BCUT2D eigenvalue weighted by molar-refractivity contribution is 0.0914. The van der Waals surface area contributed by atoms with Crippen LogP contribution in [0.25, 0.3) is 10.6 Å². The van der Waals surface area contributed by atoms with Gasteiger partial charge in [0.25, 0.3) is 5.91 Å². The molecule has 2 heterocycles. The highest BCUT2D eigenvalue weighted by atomic mass is 32.1. The van der Waals surface area contributed by atoms with Gasteiger partial charge in [-0.25, -0.2) is 4.98 Å². The second-order valence-corrected chi connectivity index (χ2v) is 7.14. The zero-order chi connectivity index (χ0) is 15.6. The first-order valence-electron chi connectivity index (χ1n) is 8.10. The quantitative estimate of drug-likeness (QED) is 0.808. The first kappa shape index (κ1) is 14.8. The maximum Gasteiger partial charge on any atom is 0.270 e. The Morgan fingerprint density at radius 1 is 1.26 bits per heavy atom. The standard InChI is InChI=1S/C17H20N4OS/c22-16(19-13-6-7-14-12(8-13)9-18-21-14)15-10-23-17(20-15)11-4-2-1-3-5-11/h1-5,10,12-14,18,21H,6-9H2,(H,19,22). The number of nitrogens with zero attached hydrogens (tertiary/aromatic N) is 1. The lowest BCUT2D eigenvalue weighted by atomic mass is 9.83. The molecule has 5 nitrogen and oxygen atoms in total. The minimum absolute atomic E-state index is 0.0502. The molecule has 4 rings (SSSR count). The van der Waals surface area contributed by atoms with E-state index in [4.69, 9.17) is 0 Å². The van der Waals surface area contributed by atoms with Gasteiger partial charge >= 0.3 is 0 Å². The van der Waals surface area contributed by atoms with Crippen LogP contribution in [-0.2, 0) is 0 Å². The van der Waals surface area contributed by atoms with Gasteiger partial charge in [0.2, 0.25) is 0 Å². The third-order valence-electron chi connectivity index (χ3n) is 4.73. The minimum atomic E-state index is -0.0502. The Labute approximate surface area is 139 Å². The zero-order valence-corrected chi connectivity index (χ0v) is 13.6. The summed E-state index contributed by atoms with van der Waals surface area (Å²) in [5, 5.41) is 5.90. The number of fused-ring (bicyclic) bond motifs is 1. The summed E-state index contributed by atoms with van der Waals surface area (Å²) in [6.45, 7) is 0.992. The molecule has 3 atom stereocenters. The molecule has 1 amide bonds. The molecule has 2 fully saturated rings. The van der Waals surface area contributed by atoms with Crippen molar-refractivity contribution in [2.24, 2.45) is 5.92 Å². The molecule has 1 aromatic heterocycles. The van der Waals surface area contributed by atoms with Crippen molar-refractivity contribution in [3.05, 3.63) is 41.4 Å². The summed E-state index contributed by atoms with van der Waals surface area (Å²) in [5.74, 6) is 0.565. The predicted molar refractivity (Wildman–Crippen MR) is 91.1 cm³/mol. The number of benzene rings is 1. The molecular formula is C17H20N4OS. The third kappa shape index (κ3) is 3.15. The SMILES string of the molecule is O=C(NC1CCC2NNCC2C1)c1csc(-c2ccccc2)n1. The Kier molecular flexibility index (Phi) is 4.11. The van der Waals surface area contributed by atoms with E-state index in [2.05, 4.69) is 21.2 Å². The van der Waals surface area contributed by atoms with Crippen LogP contribution >= 0.6 is 11.3 Å². The number of carbonyl (C=O) groups excluding carboxylic acids is 1. The molecule has 1 aliphatic carbocycles. The normalized spacial score (nSPS) is 26.7. The first-order valence-corrected chi connectivity index (χ1v) is 8.98. The van der Waals surface area contributed by atoms with Gasteiger partial charge in [-0.3, -0.25) is 15.6 Å². The molecule has 1 saturated heterocycles. The van der Waals surface area contributed by atoms with Gasteiger partial charge in [-0.15, -0.1) is 11.3 Å². The Balaban J connectivity index is 1.41. The minimum Gasteiger partial charge on any atom is -0.348 e. The largest absolute Gasteiger partial charge is 0.348 e. The van der Waals surface area contributed by atoms with E-state index in [9.17, 15) is 4.79 Å². The molecular weight excluding hydrogens is 308 g/mol. The van der Waals surface area contributed by atoms with Gasteiger partial charge in [0.15, 0.2) is 0 Å². The lowest BCUT2D eigenvalue weighted by Gasteiger charge is -2.31. The smallest absolute Gasteiger partial charge is 0.270 e. The molecule has 2 aromatic rings. The van der Waals surface area contributed by atoms with Crippen LogP contribution in [0.1, 0.15) is 29.8 Å². The van der Waals surface area contributed by atoms with Gasteiger partial charge in [-0.2, -0.15) is 0 Å². The topological polar surface area (TPSA) is 66.1 Å². The molecule has 0 radical (unpaired) electrons. The number of nitrogens with one attached hydrogen (secondary N) is 3. The van der Waals surface area contributed by atoms with Gasteiger partial charge < -0.3 is 5.32 Å². The average Bonchev–Trinajstić information content (AvgIpc) is 3.24. The van der Waals surface area contributed by atoms with Crippen LogP contribution in [0.3, 0.4) is 0 Å². The molecule has 120 valence electrons. The zero-order valence-electron chi connectivity index (χ0n) is 12.8. The second-order valence-electron chi connectivity index (χ2n) is 6.28. The highest BCUT2D eigenvalue weighted by molar-refractivity contribution is 7.13. The van der Waals surface area contributed by atoms with Crippen molar-refractivity contribution < 1.29 is 4.79 Å². The Hall–Kier alpha value is -1.76. The van der Waals surface area contributed by atoms with E-state index in [1.807, 2.05) is 35.7 Å². The molecule has 3 N–H and O–H groups in total. The fraction of sp³-hybridized carbons (Fsp3) is 0.412. The molecule has 2 aliphatic rings. The third-order valence-corrected chi connectivity index (χ3v) is 5.62. The number of thiazole rings is 1. The summed E-state index contributed by atoms with van der Waals surface area (Å²) in [4.78, 5) is 16.9. The van der Waals surface area contributed by atoms with Crippen molar-refractivity contribution >= 4 is 17.2 Å². The molecule has 1 aliphatic heterocycles. The molecule has 1 aromatic carbocycles. The Morgan fingerprint density at radius 2 is 2.13 bits per heavy atom. The first-order chi connectivity index (χ1) is 11.3. The molecule has 23 heavy (non-hydrogen) atoms. The monoisotopic (exact) mass is 328 g/mol. The van der Waals surface area contributed by atoms with Gasteiger partial charge in [-0.05, 0) is 25.2 Å². The number of hydrogen-bond acceptors (Lipinski definition) is 5. The Bertz CT molecular complexity index is 687. The number of carbonyl (C=O) groups is 1. The molecule has 3 unspecified atom stereocenters. The number of amides is 1. The fourth-order valence-electron chi connectivity index (χ4n) is 3.48. The average molecular weight is 328 g/mol. The summed E-state index contributed by atoms with van der Waals surface area (Å²) < 4.78 is 0. The number of hydrazine groups is 1. The number of aromatic nitrogens is 1. The van der Waals surface area contributed by atoms with E-state index in [-0.39, 0.29) is 11.9 Å². The van der Waals surface area contributed by atoms with E-state index in [1.54, 1.807) is 0 Å². The van der Waals surface area contributed by atoms with Crippen molar-refractivity contribution in [3.8, 4) is 10.6 Å². The van der Waals surface area contributed by atoms with Crippen LogP contribution in [0.2, 0.25) is 0 Å². The second kappa shape index (κ2) is 6.39. The van der Waals surface area contributed by atoms with Crippen molar-refractivity contribution in [1.29, 1.82) is 0 Å². The van der Waals surface area contributed by atoms with Crippen LogP contribution in [0.15, 0.2) is 35.7 Å². The summed E-state index contributed by atoms with van der Waals surface area (Å²) in [6, 6.07) is 10.8. The number of rotatable bonds is 3. The summed E-state index contributed by atoms with van der Waals surface area (Å²) >= 11 is 1.52. The van der Waals surface area contributed by atoms with Gasteiger partial charge in [0.05, 0.1) is 0 Å². The summed E-state index contributed by atoms with van der Waals surface area (Å²) in [6.07, 6.45) is 3.16. The van der Waals surface area contributed by atoms with Crippen molar-refractivity contribution in [3.63, 3.8) is 0 Å². The van der Waals surface area contributed by atoms with Crippen LogP contribution in [0.4, 0.5) is 0 Å². The highest BCUT2D eigenvalue weighted by Crippen LogP contribution is 2.27. The molecule has 6 heteroatoms. The fourth-order valence-corrected chi connectivity index (χ4v) is 4.29. The predicted octanol–water partition coefficient (Wildman–Crippen LogP) is 2.19. The van der Waals surface area contributed by atoms with E-state index in [1.165, 1.54) is 11.3 Å². The van der Waals surface area contributed by atoms with Crippen molar-refractivity contribution in [2.75, 3.05) is 6.54 Å². The van der Waals surface area contributed by atoms with Crippen LogP contribution < -0.4 is 16.2 Å². The van der Waals surface area contributed by atoms with Gasteiger partial charge in [0, 0.05) is 29.6 Å². The molecule has 0 bridgehead atoms. The van der Waals surface area contributed by atoms with E-state index >= 15 is 0 Å². The molecule has 0 spiro atoms. The summed E-state index contributed by atoms with van der Waals surface area (Å²) in [7, 11) is 0. The van der Waals surface area contributed by atoms with Gasteiger partial charge in [-0.1, -0.05) is 30.3 Å². The summed E-state index contributed by atoms with van der Waals surface area (Å²) in [5.41, 5.74) is 8.11. The van der Waals surface area contributed by atoms with Crippen molar-refractivity contribution in [2.45, 2.75) is 31.3 Å². The van der Waals surface area contributed by atoms with Gasteiger partial charge in [0.1, 0.15) is 10.7 Å². The van der Waals surface area contributed by atoms with Crippen molar-refractivity contribution in [1.82, 2.24) is 21.2 Å².